The standard InChI is InChI=1S/C16H17ClN2O3/c1-9-8-14(15(20)18-10(2)16(21)22)11(3)19(9)13-6-4-12(17)5-7-13/h4-8,10H,1-3H3,(H,18,20)(H,21,22)/t10-/m1/s1. The van der Waals surface area contributed by atoms with Gasteiger partial charge in [-0.2, -0.15) is 0 Å². The monoisotopic (exact) mass is 320 g/mol. The van der Waals surface area contributed by atoms with Crippen LogP contribution in [0.1, 0.15) is 28.7 Å². The largest absolute Gasteiger partial charge is 0.480 e. The summed E-state index contributed by atoms with van der Waals surface area (Å²) in [4.78, 5) is 23.1. The summed E-state index contributed by atoms with van der Waals surface area (Å²) >= 11 is 5.89. The molecule has 5 nitrogen and oxygen atoms in total. The molecule has 0 aliphatic carbocycles. The normalized spacial score (nSPS) is 12.0. The lowest BCUT2D eigenvalue weighted by molar-refractivity contribution is -0.138. The van der Waals surface area contributed by atoms with Crippen molar-refractivity contribution in [2.24, 2.45) is 0 Å². The van der Waals surface area contributed by atoms with Crippen LogP contribution in [0.4, 0.5) is 0 Å². The van der Waals surface area contributed by atoms with E-state index in [2.05, 4.69) is 5.32 Å². The quantitative estimate of drug-likeness (QED) is 0.909. The Morgan fingerprint density at radius 1 is 1.23 bits per heavy atom. The Kier molecular flexibility index (Phi) is 4.56. The number of amides is 1. The number of halogens is 1. The van der Waals surface area contributed by atoms with Gasteiger partial charge < -0.3 is 15.0 Å². The van der Waals surface area contributed by atoms with E-state index in [1.165, 1.54) is 6.92 Å². The van der Waals surface area contributed by atoms with Crippen LogP contribution < -0.4 is 5.32 Å². The highest BCUT2D eigenvalue weighted by molar-refractivity contribution is 6.30. The molecule has 0 unspecified atom stereocenters. The van der Waals surface area contributed by atoms with Gasteiger partial charge in [-0.3, -0.25) is 9.59 Å². The fourth-order valence-electron chi connectivity index (χ4n) is 2.32. The van der Waals surface area contributed by atoms with Gasteiger partial charge in [0.25, 0.3) is 5.91 Å². The SMILES string of the molecule is Cc1cc(C(=O)N[C@H](C)C(=O)O)c(C)n1-c1ccc(Cl)cc1. The molecule has 0 aliphatic rings. The van der Waals surface area contributed by atoms with Gasteiger partial charge in [-0.15, -0.1) is 0 Å². The zero-order chi connectivity index (χ0) is 16.4. The average Bonchev–Trinajstić information content (AvgIpc) is 2.75. The second-order valence-electron chi connectivity index (χ2n) is 5.13. The van der Waals surface area contributed by atoms with E-state index in [4.69, 9.17) is 16.7 Å². The molecule has 1 amide bonds. The molecule has 1 atom stereocenters. The van der Waals surface area contributed by atoms with Crippen LogP contribution >= 0.6 is 11.6 Å². The molecule has 0 bridgehead atoms. The molecule has 0 saturated carbocycles. The summed E-state index contributed by atoms with van der Waals surface area (Å²) in [6.45, 7) is 5.14. The van der Waals surface area contributed by atoms with Crippen molar-refractivity contribution < 1.29 is 14.7 Å². The minimum absolute atomic E-state index is 0.400. The molecule has 22 heavy (non-hydrogen) atoms. The Morgan fingerprint density at radius 2 is 1.82 bits per heavy atom. The van der Waals surface area contributed by atoms with Crippen LogP contribution in [0.15, 0.2) is 30.3 Å². The Morgan fingerprint density at radius 3 is 2.36 bits per heavy atom. The third-order valence-corrected chi connectivity index (χ3v) is 3.73. The number of carbonyl (C=O) groups excluding carboxylic acids is 1. The van der Waals surface area contributed by atoms with E-state index in [1.807, 2.05) is 30.5 Å². The molecule has 0 aliphatic heterocycles. The van der Waals surface area contributed by atoms with E-state index in [-0.39, 0.29) is 0 Å². The number of nitrogens with one attached hydrogen (secondary N) is 1. The van der Waals surface area contributed by atoms with Crippen molar-refractivity contribution in [1.82, 2.24) is 9.88 Å². The number of aryl methyl sites for hydroxylation is 1. The minimum atomic E-state index is -1.07. The Bertz CT molecular complexity index is 720. The lowest BCUT2D eigenvalue weighted by Crippen LogP contribution is -2.38. The molecule has 0 spiro atoms. The first kappa shape index (κ1) is 16.1. The molecule has 1 aromatic carbocycles. The summed E-state index contributed by atoms with van der Waals surface area (Å²) < 4.78 is 1.93. The Hall–Kier alpha value is -2.27. The van der Waals surface area contributed by atoms with E-state index < -0.39 is 17.9 Å². The fourth-order valence-corrected chi connectivity index (χ4v) is 2.44. The van der Waals surface area contributed by atoms with Crippen LogP contribution in [-0.4, -0.2) is 27.6 Å². The highest BCUT2D eigenvalue weighted by Crippen LogP contribution is 2.22. The lowest BCUT2D eigenvalue weighted by atomic mass is 10.2. The zero-order valence-electron chi connectivity index (χ0n) is 12.6. The van der Waals surface area contributed by atoms with E-state index in [0.717, 1.165) is 17.1 Å². The van der Waals surface area contributed by atoms with Crippen molar-refractivity contribution in [2.45, 2.75) is 26.8 Å². The maximum absolute atomic E-state index is 12.2. The number of nitrogens with zero attached hydrogens (tertiary/aromatic N) is 1. The second-order valence-corrected chi connectivity index (χ2v) is 5.57. The number of benzene rings is 1. The van der Waals surface area contributed by atoms with Crippen molar-refractivity contribution in [3.8, 4) is 5.69 Å². The summed E-state index contributed by atoms with van der Waals surface area (Å²) in [5.41, 5.74) is 2.98. The van der Waals surface area contributed by atoms with Crippen molar-refractivity contribution in [3.05, 3.63) is 52.3 Å². The molecule has 0 radical (unpaired) electrons. The highest BCUT2D eigenvalue weighted by Gasteiger charge is 2.20. The van der Waals surface area contributed by atoms with Gasteiger partial charge in [0.05, 0.1) is 5.56 Å². The zero-order valence-corrected chi connectivity index (χ0v) is 13.3. The van der Waals surface area contributed by atoms with Gasteiger partial charge in [0, 0.05) is 22.1 Å². The van der Waals surface area contributed by atoms with Gasteiger partial charge in [-0.1, -0.05) is 11.6 Å². The third-order valence-electron chi connectivity index (χ3n) is 3.48. The number of aliphatic carboxylic acids is 1. The smallest absolute Gasteiger partial charge is 0.325 e. The van der Waals surface area contributed by atoms with Gasteiger partial charge >= 0.3 is 5.97 Å². The number of hydrogen-bond acceptors (Lipinski definition) is 2. The molecular formula is C16H17ClN2O3. The lowest BCUT2D eigenvalue weighted by Gasteiger charge is -2.11. The molecule has 2 N–H and O–H groups in total. The highest BCUT2D eigenvalue weighted by atomic mass is 35.5. The molecule has 1 aromatic heterocycles. The molecule has 2 aromatic rings. The third kappa shape index (κ3) is 3.14. The fraction of sp³-hybridized carbons (Fsp3) is 0.250. The molecule has 1 heterocycles. The summed E-state index contributed by atoms with van der Waals surface area (Å²) in [6.07, 6.45) is 0. The second kappa shape index (κ2) is 6.23. The topological polar surface area (TPSA) is 71.3 Å². The van der Waals surface area contributed by atoms with Gasteiger partial charge in [-0.25, -0.2) is 0 Å². The van der Waals surface area contributed by atoms with Crippen LogP contribution in [0, 0.1) is 13.8 Å². The molecule has 6 heteroatoms. The Balaban J connectivity index is 2.37. The predicted molar refractivity (Wildman–Crippen MR) is 84.8 cm³/mol. The van der Waals surface area contributed by atoms with Gasteiger partial charge in [-0.05, 0) is 51.1 Å². The van der Waals surface area contributed by atoms with Crippen LogP contribution in [0.3, 0.4) is 0 Å². The van der Waals surface area contributed by atoms with E-state index in [1.54, 1.807) is 18.2 Å². The van der Waals surface area contributed by atoms with E-state index >= 15 is 0 Å². The predicted octanol–water partition coefficient (Wildman–Crippen LogP) is 2.95. The van der Waals surface area contributed by atoms with Gasteiger partial charge in [0.2, 0.25) is 0 Å². The van der Waals surface area contributed by atoms with Crippen LogP contribution in [0.2, 0.25) is 5.02 Å². The first-order valence-corrected chi connectivity index (χ1v) is 7.17. The number of aromatic nitrogens is 1. The number of carbonyl (C=O) groups is 2. The maximum atomic E-state index is 12.2. The summed E-state index contributed by atoms with van der Waals surface area (Å²) in [7, 11) is 0. The first-order chi connectivity index (χ1) is 10.3. The average molecular weight is 321 g/mol. The molecule has 0 fully saturated rings. The summed E-state index contributed by atoms with van der Waals surface area (Å²) in [5.74, 6) is -1.47. The van der Waals surface area contributed by atoms with Gasteiger partial charge in [0.1, 0.15) is 6.04 Å². The van der Waals surface area contributed by atoms with Crippen molar-refractivity contribution in [3.63, 3.8) is 0 Å². The van der Waals surface area contributed by atoms with Crippen molar-refractivity contribution >= 4 is 23.5 Å². The van der Waals surface area contributed by atoms with Crippen molar-refractivity contribution in [2.75, 3.05) is 0 Å². The van der Waals surface area contributed by atoms with Gasteiger partial charge in [0.15, 0.2) is 0 Å². The van der Waals surface area contributed by atoms with Crippen molar-refractivity contribution in [1.29, 1.82) is 0 Å². The van der Waals surface area contributed by atoms with Crippen LogP contribution in [0.25, 0.3) is 5.69 Å². The number of hydrogen-bond donors (Lipinski definition) is 2. The Labute approximate surface area is 133 Å². The number of carboxylic acid groups (broad SMARTS) is 1. The first-order valence-electron chi connectivity index (χ1n) is 6.80. The maximum Gasteiger partial charge on any atom is 0.325 e. The molecular weight excluding hydrogens is 304 g/mol. The molecule has 0 saturated heterocycles. The van der Waals surface area contributed by atoms with Crippen LogP contribution in [-0.2, 0) is 4.79 Å². The summed E-state index contributed by atoms with van der Waals surface area (Å²) in [6, 6.07) is 8.09. The van der Waals surface area contributed by atoms with E-state index in [9.17, 15) is 9.59 Å². The number of rotatable bonds is 4. The molecule has 116 valence electrons. The summed E-state index contributed by atoms with van der Waals surface area (Å²) in [5, 5.41) is 12.0. The number of carboxylic acids is 1. The minimum Gasteiger partial charge on any atom is -0.480 e. The van der Waals surface area contributed by atoms with Crippen LogP contribution in [0.5, 0.6) is 0 Å². The molecule has 2 rings (SSSR count). The van der Waals surface area contributed by atoms with E-state index in [0.29, 0.717) is 10.6 Å².